The van der Waals surface area contributed by atoms with Gasteiger partial charge in [-0.15, -0.1) is 5.10 Å². The van der Waals surface area contributed by atoms with Crippen LogP contribution in [0.15, 0.2) is 22.7 Å². The van der Waals surface area contributed by atoms with Crippen molar-refractivity contribution in [3.05, 3.63) is 39.6 Å². The van der Waals surface area contributed by atoms with Gasteiger partial charge in [0.05, 0.1) is 11.4 Å². The van der Waals surface area contributed by atoms with Gasteiger partial charge in [0.2, 0.25) is 0 Å². The van der Waals surface area contributed by atoms with Gasteiger partial charge in [0.25, 0.3) is 5.91 Å². The molecule has 110 valence electrons. The third-order valence-electron chi connectivity index (χ3n) is 3.88. The van der Waals surface area contributed by atoms with Gasteiger partial charge < -0.3 is 4.90 Å². The van der Waals surface area contributed by atoms with Gasteiger partial charge in [-0.3, -0.25) is 4.79 Å². The molecule has 2 aromatic rings. The number of likely N-dealkylation sites (tertiary alicyclic amines) is 1. The third-order valence-corrected chi connectivity index (χ3v) is 4.77. The number of aryl methyl sites for hydroxylation is 1. The van der Waals surface area contributed by atoms with Crippen LogP contribution in [0.3, 0.4) is 0 Å². The second-order valence-corrected chi connectivity index (χ2v) is 6.22. The largest absolute Gasteiger partial charge is 0.337 e. The molecule has 3 rings (SSSR count). The molecule has 1 aromatic heterocycles. The van der Waals surface area contributed by atoms with E-state index in [2.05, 4.69) is 26.2 Å². The van der Waals surface area contributed by atoms with Crippen LogP contribution in [0.25, 0.3) is 5.69 Å². The summed E-state index contributed by atoms with van der Waals surface area (Å²) < 4.78 is 2.78. The van der Waals surface area contributed by atoms with Crippen LogP contribution in [-0.2, 0) is 0 Å². The van der Waals surface area contributed by atoms with Crippen molar-refractivity contribution in [2.24, 2.45) is 0 Å². The Kier molecular flexibility index (Phi) is 3.80. The molecule has 21 heavy (non-hydrogen) atoms. The quantitative estimate of drug-likeness (QED) is 0.838. The van der Waals surface area contributed by atoms with Gasteiger partial charge in [-0.1, -0.05) is 21.1 Å². The molecule has 1 amide bonds. The Balaban J connectivity index is 1.94. The number of rotatable bonds is 2. The van der Waals surface area contributed by atoms with Gasteiger partial charge in [0.1, 0.15) is 0 Å². The van der Waals surface area contributed by atoms with Crippen molar-refractivity contribution in [2.75, 3.05) is 13.1 Å². The average Bonchev–Trinajstić information content (AvgIpc) is 3.11. The molecule has 0 bridgehead atoms. The molecule has 0 radical (unpaired) electrons. The highest BCUT2D eigenvalue weighted by atomic mass is 79.9. The zero-order valence-electron chi connectivity index (χ0n) is 12.1. The van der Waals surface area contributed by atoms with E-state index in [0.29, 0.717) is 5.69 Å². The number of amides is 1. The molecule has 0 aliphatic carbocycles. The molecule has 1 aliphatic heterocycles. The molecular formula is C15H17BrN4O. The minimum atomic E-state index is -0.00918. The molecule has 0 N–H and O–H groups in total. The fourth-order valence-electron chi connectivity index (χ4n) is 2.60. The van der Waals surface area contributed by atoms with Gasteiger partial charge in [-0.25, -0.2) is 4.68 Å². The summed E-state index contributed by atoms with van der Waals surface area (Å²) in [5, 5.41) is 8.25. The SMILES string of the molecule is Cc1cc(-n2nnc(C(=O)N3CCCC3)c2C)ccc1Br. The molecule has 1 aliphatic rings. The minimum Gasteiger partial charge on any atom is -0.337 e. The summed E-state index contributed by atoms with van der Waals surface area (Å²) >= 11 is 3.49. The Bertz CT molecular complexity index is 689. The first kappa shape index (κ1) is 14.3. The van der Waals surface area contributed by atoms with E-state index in [1.165, 1.54) is 0 Å². The Labute approximate surface area is 132 Å². The van der Waals surface area contributed by atoms with Crippen LogP contribution in [0, 0.1) is 13.8 Å². The van der Waals surface area contributed by atoms with E-state index in [4.69, 9.17) is 0 Å². The number of halogens is 1. The maximum absolute atomic E-state index is 12.4. The molecule has 0 unspecified atom stereocenters. The van der Waals surface area contributed by atoms with Crippen molar-refractivity contribution in [3.8, 4) is 5.69 Å². The van der Waals surface area contributed by atoms with E-state index in [1.807, 2.05) is 36.9 Å². The summed E-state index contributed by atoms with van der Waals surface area (Å²) in [5.41, 5.74) is 3.28. The smallest absolute Gasteiger partial charge is 0.276 e. The first-order valence-corrected chi connectivity index (χ1v) is 7.85. The Morgan fingerprint density at radius 1 is 1.24 bits per heavy atom. The van der Waals surface area contributed by atoms with Crippen molar-refractivity contribution >= 4 is 21.8 Å². The lowest BCUT2D eigenvalue weighted by molar-refractivity contribution is 0.0786. The summed E-state index contributed by atoms with van der Waals surface area (Å²) in [7, 11) is 0. The van der Waals surface area contributed by atoms with Gasteiger partial charge in [-0.05, 0) is 50.5 Å². The number of nitrogens with zero attached hydrogens (tertiary/aromatic N) is 4. The molecule has 0 atom stereocenters. The Morgan fingerprint density at radius 2 is 1.95 bits per heavy atom. The predicted octanol–water partition coefficient (Wildman–Crippen LogP) is 2.88. The van der Waals surface area contributed by atoms with Crippen molar-refractivity contribution in [3.63, 3.8) is 0 Å². The number of benzene rings is 1. The molecular weight excluding hydrogens is 332 g/mol. The molecule has 6 heteroatoms. The maximum atomic E-state index is 12.4. The summed E-state index contributed by atoms with van der Waals surface area (Å²) in [6, 6.07) is 5.96. The highest BCUT2D eigenvalue weighted by Crippen LogP contribution is 2.21. The van der Waals surface area contributed by atoms with E-state index in [1.54, 1.807) is 4.68 Å². The summed E-state index contributed by atoms with van der Waals surface area (Å²) in [5.74, 6) is -0.00918. The minimum absolute atomic E-state index is 0.00918. The lowest BCUT2D eigenvalue weighted by Gasteiger charge is -2.13. The lowest BCUT2D eigenvalue weighted by atomic mass is 10.2. The summed E-state index contributed by atoms with van der Waals surface area (Å²) in [6.45, 7) is 5.56. The molecule has 0 spiro atoms. The Morgan fingerprint density at radius 3 is 2.62 bits per heavy atom. The maximum Gasteiger partial charge on any atom is 0.276 e. The van der Waals surface area contributed by atoms with E-state index >= 15 is 0 Å². The second kappa shape index (κ2) is 5.60. The summed E-state index contributed by atoms with van der Waals surface area (Å²) in [4.78, 5) is 14.3. The number of carbonyl (C=O) groups excluding carboxylic acids is 1. The van der Waals surface area contributed by atoms with Crippen LogP contribution in [-0.4, -0.2) is 38.9 Å². The van der Waals surface area contributed by atoms with E-state index in [0.717, 1.165) is 47.3 Å². The normalized spacial score (nSPS) is 14.7. The van der Waals surface area contributed by atoms with Crippen molar-refractivity contribution < 1.29 is 4.79 Å². The first-order valence-electron chi connectivity index (χ1n) is 7.06. The highest BCUT2D eigenvalue weighted by molar-refractivity contribution is 9.10. The number of aromatic nitrogens is 3. The zero-order valence-corrected chi connectivity index (χ0v) is 13.7. The number of carbonyl (C=O) groups is 1. The van der Waals surface area contributed by atoms with Gasteiger partial charge in [0, 0.05) is 17.6 Å². The molecule has 1 fully saturated rings. The van der Waals surface area contributed by atoms with E-state index < -0.39 is 0 Å². The second-order valence-electron chi connectivity index (χ2n) is 5.37. The highest BCUT2D eigenvalue weighted by Gasteiger charge is 2.25. The standard InChI is InChI=1S/C15H17BrN4O/c1-10-9-12(5-6-13(10)16)20-11(2)14(17-18-20)15(21)19-7-3-4-8-19/h5-6,9H,3-4,7-8H2,1-2H3. The number of hydrogen-bond donors (Lipinski definition) is 0. The average molecular weight is 349 g/mol. The van der Waals surface area contributed by atoms with Gasteiger partial charge in [-0.2, -0.15) is 0 Å². The van der Waals surface area contributed by atoms with Crippen molar-refractivity contribution in [1.29, 1.82) is 0 Å². The monoisotopic (exact) mass is 348 g/mol. The number of hydrogen-bond acceptors (Lipinski definition) is 3. The molecule has 5 nitrogen and oxygen atoms in total. The zero-order chi connectivity index (χ0) is 15.0. The fraction of sp³-hybridized carbons (Fsp3) is 0.400. The van der Waals surface area contributed by atoms with Crippen LogP contribution in [0.5, 0.6) is 0 Å². The van der Waals surface area contributed by atoms with Gasteiger partial charge >= 0.3 is 0 Å². The van der Waals surface area contributed by atoms with Crippen LogP contribution in [0.1, 0.15) is 34.6 Å². The van der Waals surface area contributed by atoms with Crippen molar-refractivity contribution in [2.45, 2.75) is 26.7 Å². The summed E-state index contributed by atoms with van der Waals surface area (Å²) in [6.07, 6.45) is 2.15. The Hall–Kier alpha value is -1.69. The van der Waals surface area contributed by atoms with Crippen molar-refractivity contribution in [1.82, 2.24) is 19.9 Å². The lowest BCUT2D eigenvalue weighted by Crippen LogP contribution is -2.28. The first-order chi connectivity index (χ1) is 10.1. The molecule has 2 heterocycles. The topological polar surface area (TPSA) is 51.0 Å². The predicted molar refractivity (Wildman–Crippen MR) is 83.7 cm³/mol. The molecule has 0 saturated carbocycles. The third kappa shape index (κ3) is 2.60. The molecule has 1 saturated heterocycles. The van der Waals surface area contributed by atoms with E-state index in [9.17, 15) is 4.79 Å². The van der Waals surface area contributed by atoms with Crippen LogP contribution < -0.4 is 0 Å². The van der Waals surface area contributed by atoms with Gasteiger partial charge in [0.15, 0.2) is 5.69 Å². The van der Waals surface area contributed by atoms with Crippen LogP contribution in [0.2, 0.25) is 0 Å². The van der Waals surface area contributed by atoms with E-state index in [-0.39, 0.29) is 5.91 Å². The van der Waals surface area contributed by atoms with Crippen LogP contribution >= 0.6 is 15.9 Å². The van der Waals surface area contributed by atoms with Crippen LogP contribution in [0.4, 0.5) is 0 Å². The molecule has 1 aromatic carbocycles. The fourth-order valence-corrected chi connectivity index (χ4v) is 2.85.